The summed E-state index contributed by atoms with van der Waals surface area (Å²) in [4.78, 5) is 38.9. The van der Waals surface area contributed by atoms with Gasteiger partial charge in [-0.15, -0.1) is 0 Å². The van der Waals surface area contributed by atoms with Crippen LogP contribution in [0.4, 0.5) is 18.9 Å². The first-order valence-corrected chi connectivity index (χ1v) is 14.9. The van der Waals surface area contributed by atoms with E-state index < -0.39 is 29.4 Å². The first-order valence-electron chi connectivity index (χ1n) is 14.9. The number of aliphatic carboxylic acids is 2. The standard InChI is InChI=1S/C30H28F3N5O3.C4H4O4/c1-36-25-17-35-23-7-4-18(19-5-9-26(40-2)27(15-19)41-3)14-21(23)28(25)38(29(36)39)20-6-8-24(22(16-20)30(31,32)33)37-12-10-34-11-13-37;5-3(6)1-2-4(7)8/h4-9,14-17,34H,10-13H2,1-3H3;1-2H,(H,5,6)(H,7,8). The average molecular weight is 680 g/mol. The lowest BCUT2D eigenvalue weighted by molar-refractivity contribution is -0.137. The van der Waals surface area contributed by atoms with Crippen LogP contribution in [0.15, 0.2) is 77.7 Å². The topological polar surface area (TPSA) is 148 Å². The number of carboxylic acid groups (broad SMARTS) is 2. The molecule has 12 nitrogen and oxygen atoms in total. The summed E-state index contributed by atoms with van der Waals surface area (Å²) in [6.07, 6.45) is -1.91. The highest BCUT2D eigenvalue weighted by Gasteiger charge is 2.36. The summed E-state index contributed by atoms with van der Waals surface area (Å²) >= 11 is 0. The number of methoxy groups -OCH3 is 2. The highest BCUT2D eigenvalue weighted by atomic mass is 19.4. The molecule has 256 valence electrons. The van der Waals surface area contributed by atoms with E-state index in [2.05, 4.69) is 10.3 Å². The van der Waals surface area contributed by atoms with Gasteiger partial charge in [-0.1, -0.05) is 12.1 Å². The smallest absolute Gasteiger partial charge is 0.418 e. The number of carboxylic acids is 2. The average Bonchev–Trinajstić information content (AvgIpc) is 3.36. The first-order chi connectivity index (χ1) is 23.3. The highest BCUT2D eigenvalue weighted by Crippen LogP contribution is 2.39. The molecule has 0 radical (unpaired) electrons. The lowest BCUT2D eigenvalue weighted by Gasteiger charge is -2.31. The molecule has 0 unspecified atom stereocenters. The van der Waals surface area contributed by atoms with E-state index in [4.69, 9.17) is 19.7 Å². The molecule has 0 aliphatic carbocycles. The van der Waals surface area contributed by atoms with Crippen molar-refractivity contribution >= 4 is 39.6 Å². The van der Waals surface area contributed by atoms with Crippen LogP contribution in [-0.2, 0) is 22.8 Å². The molecule has 49 heavy (non-hydrogen) atoms. The quantitative estimate of drug-likeness (QED) is 0.207. The van der Waals surface area contributed by atoms with E-state index in [1.54, 1.807) is 44.5 Å². The number of ether oxygens (including phenoxy) is 2. The molecule has 1 aliphatic heterocycles. The van der Waals surface area contributed by atoms with E-state index in [0.29, 0.717) is 71.8 Å². The lowest BCUT2D eigenvalue weighted by atomic mass is 10.0. The highest BCUT2D eigenvalue weighted by molar-refractivity contribution is 6.04. The lowest BCUT2D eigenvalue weighted by Crippen LogP contribution is -2.44. The number of piperazine rings is 1. The minimum absolute atomic E-state index is 0.110. The fourth-order valence-corrected chi connectivity index (χ4v) is 5.65. The van der Waals surface area contributed by atoms with E-state index in [-0.39, 0.29) is 11.4 Å². The van der Waals surface area contributed by atoms with Crippen LogP contribution in [0.5, 0.6) is 11.5 Å². The van der Waals surface area contributed by atoms with Crippen molar-refractivity contribution < 1.29 is 42.4 Å². The van der Waals surface area contributed by atoms with Gasteiger partial charge in [0.25, 0.3) is 0 Å². The third-order valence-electron chi connectivity index (χ3n) is 7.97. The van der Waals surface area contributed by atoms with E-state index in [1.165, 1.54) is 15.2 Å². The Morgan fingerprint density at radius 3 is 2.14 bits per heavy atom. The number of pyridine rings is 1. The summed E-state index contributed by atoms with van der Waals surface area (Å²) in [7, 11) is 4.71. The van der Waals surface area contributed by atoms with E-state index in [9.17, 15) is 27.6 Å². The molecule has 3 heterocycles. The molecule has 15 heteroatoms. The summed E-state index contributed by atoms with van der Waals surface area (Å²) < 4.78 is 56.7. The van der Waals surface area contributed by atoms with Crippen molar-refractivity contribution in [3.63, 3.8) is 0 Å². The van der Waals surface area contributed by atoms with E-state index in [0.717, 1.165) is 17.2 Å². The van der Waals surface area contributed by atoms with Crippen molar-refractivity contribution in [3.05, 3.63) is 89.0 Å². The van der Waals surface area contributed by atoms with Gasteiger partial charge >= 0.3 is 23.8 Å². The summed E-state index contributed by atoms with van der Waals surface area (Å²) in [6.45, 7) is 2.13. The Kier molecular flexibility index (Phi) is 9.94. The van der Waals surface area contributed by atoms with Crippen LogP contribution in [-0.4, -0.2) is 76.7 Å². The molecule has 2 aromatic heterocycles. The second-order valence-electron chi connectivity index (χ2n) is 10.9. The second-order valence-corrected chi connectivity index (χ2v) is 10.9. The number of alkyl halides is 3. The Morgan fingerprint density at radius 1 is 0.898 bits per heavy atom. The van der Waals surface area contributed by atoms with Gasteiger partial charge < -0.3 is 29.9 Å². The van der Waals surface area contributed by atoms with Gasteiger partial charge in [-0.3, -0.25) is 14.1 Å². The predicted molar refractivity (Wildman–Crippen MR) is 177 cm³/mol. The number of anilines is 1. The molecule has 1 saturated heterocycles. The van der Waals surface area contributed by atoms with Crippen LogP contribution in [0.3, 0.4) is 0 Å². The zero-order valence-corrected chi connectivity index (χ0v) is 26.6. The normalized spacial score (nSPS) is 13.4. The molecule has 3 aromatic carbocycles. The molecule has 0 bridgehead atoms. The maximum Gasteiger partial charge on any atom is 0.418 e. The maximum atomic E-state index is 14.4. The number of hydrogen-bond acceptors (Lipinski definition) is 8. The Labute approximate surface area is 277 Å². The number of aryl methyl sites for hydroxylation is 1. The van der Waals surface area contributed by atoms with Crippen molar-refractivity contribution in [1.82, 2.24) is 19.4 Å². The first kappa shape index (κ1) is 34.5. The molecule has 0 amide bonds. The van der Waals surface area contributed by atoms with E-state index in [1.807, 2.05) is 30.3 Å². The van der Waals surface area contributed by atoms with Gasteiger partial charge in [-0.05, 0) is 53.6 Å². The van der Waals surface area contributed by atoms with Crippen molar-refractivity contribution in [1.29, 1.82) is 0 Å². The third kappa shape index (κ3) is 7.21. The SMILES string of the molecule is COc1ccc(-c2ccc3ncc4c(c3c2)n(-c2ccc(N3CCNCC3)c(C(F)(F)F)c2)c(=O)n4C)cc1OC.O=C(O)C=CC(=O)O. The summed E-state index contributed by atoms with van der Waals surface area (Å²) in [5.74, 6) is -1.37. The van der Waals surface area contributed by atoms with Gasteiger partial charge in [-0.2, -0.15) is 13.2 Å². The van der Waals surface area contributed by atoms with Crippen LogP contribution >= 0.6 is 0 Å². The minimum Gasteiger partial charge on any atom is -0.493 e. The summed E-state index contributed by atoms with van der Waals surface area (Å²) in [5, 5.41) is 19.4. The molecule has 0 spiro atoms. The zero-order valence-electron chi connectivity index (χ0n) is 26.6. The van der Waals surface area contributed by atoms with Gasteiger partial charge in [0.15, 0.2) is 11.5 Å². The number of fused-ring (bicyclic) bond motifs is 3. The second kappa shape index (κ2) is 14.1. The Hall–Kier alpha value is -5.83. The van der Waals surface area contributed by atoms with Crippen molar-refractivity contribution in [2.24, 2.45) is 7.05 Å². The third-order valence-corrected chi connectivity index (χ3v) is 7.97. The number of halogens is 3. The van der Waals surface area contributed by atoms with Crippen LogP contribution in [0, 0.1) is 0 Å². The Balaban J connectivity index is 0.000000523. The number of nitrogens with zero attached hydrogens (tertiary/aromatic N) is 4. The van der Waals surface area contributed by atoms with Crippen LogP contribution < -0.4 is 25.4 Å². The van der Waals surface area contributed by atoms with Crippen molar-refractivity contribution in [3.8, 4) is 28.3 Å². The molecular weight excluding hydrogens is 647 g/mol. The molecule has 5 aromatic rings. The van der Waals surface area contributed by atoms with E-state index >= 15 is 0 Å². The molecule has 0 atom stereocenters. The number of carbonyl (C=O) groups is 2. The van der Waals surface area contributed by atoms with Gasteiger partial charge in [0.2, 0.25) is 0 Å². The fourth-order valence-electron chi connectivity index (χ4n) is 5.65. The number of aromatic nitrogens is 3. The predicted octanol–water partition coefficient (Wildman–Crippen LogP) is 4.70. The number of imidazole rings is 1. The molecule has 1 aliphatic rings. The molecule has 1 fully saturated rings. The largest absolute Gasteiger partial charge is 0.493 e. The van der Waals surface area contributed by atoms with Crippen molar-refractivity contribution in [2.45, 2.75) is 6.18 Å². The summed E-state index contributed by atoms with van der Waals surface area (Å²) in [6, 6.07) is 15.3. The number of nitrogens with one attached hydrogen (secondary N) is 1. The maximum absolute atomic E-state index is 14.4. The Bertz CT molecular complexity index is 2120. The number of hydrogen-bond donors (Lipinski definition) is 3. The van der Waals surface area contributed by atoms with Gasteiger partial charge in [0, 0.05) is 56.5 Å². The minimum atomic E-state index is -4.60. The fraction of sp³-hybridized carbons (Fsp3) is 0.235. The monoisotopic (exact) mass is 679 g/mol. The van der Waals surface area contributed by atoms with Crippen LogP contribution in [0.25, 0.3) is 38.8 Å². The van der Waals surface area contributed by atoms with Crippen molar-refractivity contribution in [2.75, 3.05) is 45.3 Å². The molecule has 6 rings (SSSR count). The van der Waals surface area contributed by atoms with Crippen LogP contribution in [0.2, 0.25) is 0 Å². The van der Waals surface area contributed by atoms with Gasteiger partial charge in [-0.25, -0.2) is 14.4 Å². The zero-order chi connectivity index (χ0) is 35.5. The summed E-state index contributed by atoms with van der Waals surface area (Å²) in [5.41, 5.74) is 2.26. The Morgan fingerprint density at radius 2 is 1.53 bits per heavy atom. The molecule has 3 N–H and O–H groups in total. The van der Waals surface area contributed by atoms with Gasteiger partial charge in [0.1, 0.15) is 0 Å². The molecule has 0 saturated carbocycles. The molecular formula is C34H32F3N5O7. The van der Waals surface area contributed by atoms with Gasteiger partial charge in [0.05, 0.1) is 48.2 Å². The number of rotatable bonds is 7. The van der Waals surface area contributed by atoms with Crippen LogP contribution in [0.1, 0.15) is 5.56 Å². The number of benzene rings is 3.